The quantitative estimate of drug-likeness (QED) is 0.553. The summed E-state index contributed by atoms with van der Waals surface area (Å²) in [6.45, 7) is 1.55. The Morgan fingerprint density at radius 1 is 1.13 bits per heavy atom. The van der Waals surface area contributed by atoms with Crippen LogP contribution in [0.25, 0.3) is 0 Å². The van der Waals surface area contributed by atoms with Gasteiger partial charge in [0.25, 0.3) is 5.91 Å². The fraction of sp³-hybridized carbons (Fsp3) is 0.400. The lowest BCUT2D eigenvalue weighted by Gasteiger charge is -2.11. The second-order valence-electron chi connectivity index (χ2n) is 4.61. The molecular weight excluding hydrogens is 302 g/mol. The molecule has 1 aromatic rings. The van der Waals surface area contributed by atoms with E-state index in [1.807, 2.05) is 0 Å². The molecule has 0 radical (unpaired) electrons. The van der Waals surface area contributed by atoms with Crippen molar-refractivity contribution >= 4 is 23.2 Å². The average molecular weight is 323 g/mol. The molecule has 0 spiro atoms. The van der Waals surface area contributed by atoms with Crippen LogP contribution in [0, 0.1) is 0 Å². The van der Waals surface area contributed by atoms with Gasteiger partial charge in [-0.1, -0.05) is 0 Å². The molecule has 2 amide bonds. The van der Waals surface area contributed by atoms with Crippen LogP contribution in [-0.2, 0) is 14.3 Å². The summed E-state index contributed by atoms with van der Waals surface area (Å²) in [5, 5.41) is 6.54. The maximum Gasteiger partial charge on any atom is 0.266 e. The summed E-state index contributed by atoms with van der Waals surface area (Å²) in [5.74, 6) is 0.443. The highest BCUT2D eigenvalue weighted by atomic mass is 16.5. The van der Waals surface area contributed by atoms with E-state index in [0.29, 0.717) is 22.9 Å². The maximum atomic E-state index is 12.0. The molecule has 0 aromatic heterocycles. The van der Waals surface area contributed by atoms with Gasteiger partial charge in [0.2, 0.25) is 5.91 Å². The summed E-state index contributed by atoms with van der Waals surface area (Å²) in [7, 11) is 4.46. The average Bonchev–Trinajstić information content (AvgIpc) is 2.53. The van der Waals surface area contributed by atoms with Crippen LogP contribution in [0.15, 0.2) is 23.3 Å². The van der Waals surface area contributed by atoms with Crippen molar-refractivity contribution in [3.05, 3.63) is 18.2 Å². The smallest absolute Gasteiger partial charge is 0.266 e. The van der Waals surface area contributed by atoms with Crippen molar-refractivity contribution in [2.45, 2.75) is 13.3 Å². The third-order valence-corrected chi connectivity index (χ3v) is 2.75. The summed E-state index contributed by atoms with van der Waals surface area (Å²) in [6, 6.07) is 5.06. The molecule has 0 heterocycles. The molecule has 8 heteroatoms. The first kappa shape index (κ1) is 18.4. The predicted octanol–water partition coefficient (Wildman–Crippen LogP) is 1.17. The topological polar surface area (TPSA) is 98.2 Å². The Morgan fingerprint density at radius 2 is 1.87 bits per heavy atom. The fourth-order valence-corrected chi connectivity index (χ4v) is 1.69. The van der Waals surface area contributed by atoms with Crippen LogP contribution in [0.2, 0.25) is 0 Å². The molecule has 8 nitrogen and oxygen atoms in total. The van der Waals surface area contributed by atoms with Crippen LogP contribution in [0.3, 0.4) is 0 Å². The number of rotatable bonds is 8. The number of hydrazone groups is 1. The van der Waals surface area contributed by atoms with Crippen LogP contribution < -0.4 is 20.2 Å². The second-order valence-corrected chi connectivity index (χ2v) is 4.61. The van der Waals surface area contributed by atoms with Crippen molar-refractivity contribution in [1.29, 1.82) is 0 Å². The molecular formula is C15H21N3O5. The van der Waals surface area contributed by atoms with Crippen molar-refractivity contribution in [3.63, 3.8) is 0 Å². The minimum atomic E-state index is -0.385. The lowest BCUT2D eigenvalue weighted by Crippen LogP contribution is -2.24. The molecule has 0 fully saturated rings. The number of hydrogen-bond acceptors (Lipinski definition) is 6. The van der Waals surface area contributed by atoms with Crippen molar-refractivity contribution in [1.82, 2.24) is 5.43 Å². The normalized spacial score (nSPS) is 10.9. The number of nitrogens with zero attached hydrogens (tertiary/aromatic N) is 1. The number of benzene rings is 1. The minimum absolute atomic E-state index is 0.0302. The molecule has 0 atom stereocenters. The number of hydrogen-bond donors (Lipinski definition) is 2. The highest BCUT2D eigenvalue weighted by Gasteiger charge is 2.10. The Kier molecular flexibility index (Phi) is 7.55. The zero-order chi connectivity index (χ0) is 17.2. The molecule has 1 aromatic carbocycles. The van der Waals surface area contributed by atoms with E-state index in [1.54, 1.807) is 32.2 Å². The van der Waals surface area contributed by atoms with Crippen molar-refractivity contribution in [2.24, 2.45) is 5.10 Å². The molecule has 126 valence electrons. The van der Waals surface area contributed by atoms with E-state index in [-0.39, 0.29) is 24.8 Å². The Hall–Kier alpha value is -2.61. The summed E-state index contributed by atoms with van der Waals surface area (Å²) in [6.07, 6.45) is 0.0302. The van der Waals surface area contributed by atoms with Crippen LogP contribution in [0.5, 0.6) is 11.5 Å². The fourth-order valence-electron chi connectivity index (χ4n) is 1.69. The standard InChI is InChI=1S/C15H21N3O5/c1-10(17-18-15(20)9-21-2)7-14(19)16-12-6-5-11(22-3)8-13(12)23-4/h5-6,8H,7,9H2,1-4H3,(H,16,19)(H,18,20)/b17-10+. The second kappa shape index (κ2) is 9.42. The molecule has 0 bridgehead atoms. The third kappa shape index (κ3) is 6.35. The number of carbonyl (C=O) groups is 2. The number of amides is 2. The first-order chi connectivity index (χ1) is 11.0. The Bertz CT molecular complexity index is 586. The number of carbonyl (C=O) groups excluding carboxylic acids is 2. The van der Waals surface area contributed by atoms with Crippen molar-refractivity contribution in [2.75, 3.05) is 33.3 Å². The Balaban J connectivity index is 2.62. The van der Waals surface area contributed by atoms with Gasteiger partial charge < -0.3 is 19.5 Å². The van der Waals surface area contributed by atoms with E-state index in [9.17, 15) is 9.59 Å². The van der Waals surface area contributed by atoms with Crippen LogP contribution in [0.4, 0.5) is 5.69 Å². The predicted molar refractivity (Wildman–Crippen MR) is 85.9 cm³/mol. The van der Waals surface area contributed by atoms with Crippen LogP contribution in [-0.4, -0.2) is 45.5 Å². The number of anilines is 1. The third-order valence-electron chi connectivity index (χ3n) is 2.75. The van der Waals surface area contributed by atoms with Gasteiger partial charge >= 0.3 is 0 Å². The highest BCUT2D eigenvalue weighted by Crippen LogP contribution is 2.29. The van der Waals surface area contributed by atoms with E-state index in [2.05, 4.69) is 20.6 Å². The first-order valence-corrected chi connectivity index (χ1v) is 6.83. The lowest BCUT2D eigenvalue weighted by atomic mass is 10.2. The molecule has 0 saturated carbocycles. The van der Waals surface area contributed by atoms with Gasteiger partial charge in [0.05, 0.1) is 26.3 Å². The highest BCUT2D eigenvalue weighted by molar-refractivity contribution is 6.06. The van der Waals surface area contributed by atoms with Crippen molar-refractivity contribution < 1.29 is 23.8 Å². The molecule has 0 aliphatic heterocycles. The summed E-state index contributed by atoms with van der Waals surface area (Å²) < 4.78 is 15.0. The molecule has 23 heavy (non-hydrogen) atoms. The zero-order valence-corrected chi connectivity index (χ0v) is 13.6. The molecule has 2 N–H and O–H groups in total. The summed E-state index contributed by atoms with van der Waals surface area (Å²) in [5.41, 5.74) is 3.27. The molecule has 1 rings (SSSR count). The monoisotopic (exact) mass is 323 g/mol. The Morgan fingerprint density at radius 3 is 2.48 bits per heavy atom. The van der Waals surface area contributed by atoms with Gasteiger partial charge in [-0.25, -0.2) is 5.43 Å². The number of ether oxygens (including phenoxy) is 3. The van der Waals surface area contributed by atoms with Gasteiger partial charge in [-0.15, -0.1) is 0 Å². The van der Waals surface area contributed by atoms with Gasteiger partial charge in [-0.2, -0.15) is 5.10 Å². The largest absolute Gasteiger partial charge is 0.497 e. The van der Waals surface area contributed by atoms with E-state index >= 15 is 0 Å². The number of methoxy groups -OCH3 is 3. The molecule has 0 aliphatic carbocycles. The SMILES string of the molecule is COCC(=O)N/N=C(\C)CC(=O)Nc1ccc(OC)cc1OC. The Labute approximate surface area is 134 Å². The first-order valence-electron chi connectivity index (χ1n) is 6.83. The minimum Gasteiger partial charge on any atom is -0.497 e. The molecule has 0 unspecified atom stereocenters. The summed E-state index contributed by atoms with van der Waals surface area (Å²) >= 11 is 0. The number of nitrogens with one attached hydrogen (secondary N) is 2. The van der Waals surface area contributed by atoms with Crippen LogP contribution in [0.1, 0.15) is 13.3 Å². The maximum absolute atomic E-state index is 12.0. The zero-order valence-electron chi connectivity index (χ0n) is 13.6. The van der Waals surface area contributed by atoms with E-state index in [4.69, 9.17) is 9.47 Å². The summed E-state index contributed by atoms with van der Waals surface area (Å²) in [4.78, 5) is 23.2. The van der Waals surface area contributed by atoms with Gasteiger partial charge in [-0.05, 0) is 19.1 Å². The van der Waals surface area contributed by atoms with Gasteiger partial charge in [0, 0.05) is 18.9 Å². The van der Waals surface area contributed by atoms with E-state index in [0.717, 1.165) is 0 Å². The lowest BCUT2D eigenvalue weighted by molar-refractivity contribution is -0.124. The molecule has 0 saturated heterocycles. The van der Waals surface area contributed by atoms with Crippen LogP contribution >= 0.6 is 0 Å². The van der Waals surface area contributed by atoms with Gasteiger partial charge in [-0.3, -0.25) is 9.59 Å². The molecule has 0 aliphatic rings. The van der Waals surface area contributed by atoms with Crippen molar-refractivity contribution in [3.8, 4) is 11.5 Å². The van der Waals surface area contributed by atoms with E-state index in [1.165, 1.54) is 14.2 Å². The van der Waals surface area contributed by atoms with Gasteiger partial charge in [0.15, 0.2) is 0 Å². The van der Waals surface area contributed by atoms with E-state index < -0.39 is 0 Å². The van der Waals surface area contributed by atoms with Gasteiger partial charge in [0.1, 0.15) is 18.1 Å².